The van der Waals surface area contributed by atoms with E-state index in [1.165, 1.54) is 6.08 Å². The standard InChI is InChI=1S/C10H11ClO/c1-3-10(2,12)8-4-6-9(11)7-5-8/h3-7,12H,1H2,2H3. The van der Waals surface area contributed by atoms with E-state index in [0.29, 0.717) is 5.02 Å². The summed E-state index contributed by atoms with van der Waals surface area (Å²) in [6.45, 7) is 5.23. The first-order chi connectivity index (χ1) is 5.56. The molecule has 0 fully saturated rings. The van der Waals surface area contributed by atoms with Crippen molar-refractivity contribution in [2.24, 2.45) is 0 Å². The highest BCUT2D eigenvalue weighted by Gasteiger charge is 2.17. The molecule has 1 atom stereocenters. The van der Waals surface area contributed by atoms with Gasteiger partial charge in [0.1, 0.15) is 5.60 Å². The Labute approximate surface area is 77.3 Å². The van der Waals surface area contributed by atoms with Crippen LogP contribution in [0.4, 0.5) is 0 Å². The highest BCUT2D eigenvalue weighted by Crippen LogP contribution is 2.22. The van der Waals surface area contributed by atoms with Crippen LogP contribution >= 0.6 is 11.6 Å². The van der Waals surface area contributed by atoms with Crippen LogP contribution in [0.25, 0.3) is 0 Å². The minimum absolute atomic E-state index is 0.665. The summed E-state index contributed by atoms with van der Waals surface area (Å²) in [5.41, 5.74) is -0.174. The van der Waals surface area contributed by atoms with Gasteiger partial charge in [-0.05, 0) is 24.6 Å². The van der Waals surface area contributed by atoms with Gasteiger partial charge in [0.15, 0.2) is 0 Å². The Hall–Kier alpha value is -0.790. The van der Waals surface area contributed by atoms with Crippen molar-refractivity contribution in [3.05, 3.63) is 47.5 Å². The van der Waals surface area contributed by atoms with Gasteiger partial charge in [-0.3, -0.25) is 0 Å². The Morgan fingerprint density at radius 2 is 1.92 bits per heavy atom. The maximum Gasteiger partial charge on any atom is 0.105 e. The van der Waals surface area contributed by atoms with Crippen LogP contribution < -0.4 is 0 Å². The molecular weight excluding hydrogens is 172 g/mol. The molecule has 12 heavy (non-hydrogen) atoms. The molecule has 1 unspecified atom stereocenters. The number of hydrogen-bond donors (Lipinski definition) is 1. The third-order valence-electron chi connectivity index (χ3n) is 1.83. The van der Waals surface area contributed by atoms with E-state index in [1.807, 2.05) is 0 Å². The molecule has 1 N–H and O–H groups in total. The number of benzene rings is 1. The molecule has 1 rings (SSSR count). The Balaban J connectivity index is 3.04. The van der Waals surface area contributed by atoms with Crippen LogP contribution in [0.1, 0.15) is 12.5 Å². The highest BCUT2D eigenvalue weighted by molar-refractivity contribution is 6.30. The van der Waals surface area contributed by atoms with Crippen molar-refractivity contribution in [1.82, 2.24) is 0 Å². The summed E-state index contributed by atoms with van der Waals surface area (Å²) in [6.07, 6.45) is 1.50. The normalized spacial score (nSPS) is 15.2. The predicted molar refractivity (Wildman–Crippen MR) is 51.2 cm³/mol. The van der Waals surface area contributed by atoms with Crippen LogP contribution in [0.2, 0.25) is 5.02 Å². The van der Waals surface area contributed by atoms with E-state index in [2.05, 4.69) is 6.58 Å². The van der Waals surface area contributed by atoms with E-state index in [-0.39, 0.29) is 0 Å². The first-order valence-electron chi connectivity index (χ1n) is 3.68. The van der Waals surface area contributed by atoms with Crippen LogP contribution in [-0.2, 0) is 5.60 Å². The van der Waals surface area contributed by atoms with Gasteiger partial charge >= 0.3 is 0 Å². The minimum Gasteiger partial charge on any atom is -0.381 e. The van der Waals surface area contributed by atoms with Crippen LogP contribution in [0, 0.1) is 0 Å². The average Bonchev–Trinajstić information content (AvgIpc) is 2.05. The summed E-state index contributed by atoms with van der Waals surface area (Å²) < 4.78 is 0. The van der Waals surface area contributed by atoms with E-state index in [1.54, 1.807) is 31.2 Å². The quantitative estimate of drug-likeness (QED) is 0.698. The topological polar surface area (TPSA) is 20.2 Å². The molecule has 2 heteroatoms. The van der Waals surface area contributed by atoms with Gasteiger partial charge in [0.2, 0.25) is 0 Å². The first-order valence-corrected chi connectivity index (χ1v) is 4.06. The lowest BCUT2D eigenvalue weighted by Gasteiger charge is -2.18. The van der Waals surface area contributed by atoms with Crippen LogP contribution in [0.15, 0.2) is 36.9 Å². The zero-order chi connectivity index (χ0) is 9.19. The molecule has 0 aliphatic rings. The summed E-state index contributed by atoms with van der Waals surface area (Å²) in [7, 11) is 0. The molecule has 0 heterocycles. The highest BCUT2D eigenvalue weighted by atomic mass is 35.5. The molecule has 0 aliphatic carbocycles. The van der Waals surface area contributed by atoms with Crippen molar-refractivity contribution in [2.45, 2.75) is 12.5 Å². The van der Waals surface area contributed by atoms with Gasteiger partial charge in [0.25, 0.3) is 0 Å². The Kier molecular flexibility index (Phi) is 2.55. The number of halogens is 1. The van der Waals surface area contributed by atoms with Crippen LogP contribution in [0.5, 0.6) is 0 Å². The second kappa shape index (κ2) is 3.30. The molecule has 0 radical (unpaired) electrons. The minimum atomic E-state index is -0.968. The predicted octanol–water partition coefficient (Wildman–Crippen LogP) is 2.73. The lowest BCUT2D eigenvalue weighted by molar-refractivity contribution is 0.111. The van der Waals surface area contributed by atoms with E-state index in [9.17, 15) is 5.11 Å². The molecule has 0 saturated carbocycles. The summed E-state index contributed by atoms with van der Waals surface area (Å²) in [5, 5.41) is 10.4. The van der Waals surface area contributed by atoms with Crippen molar-refractivity contribution in [3.63, 3.8) is 0 Å². The number of hydrogen-bond acceptors (Lipinski definition) is 1. The van der Waals surface area contributed by atoms with Gasteiger partial charge in [-0.25, -0.2) is 0 Å². The first kappa shape index (κ1) is 9.30. The van der Waals surface area contributed by atoms with Gasteiger partial charge in [0.05, 0.1) is 0 Å². The van der Waals surface area contributed by atoms with Crippen molar-refractivity contribution >= 4 is 11.6 Å². The molecule has 0 aromatic heterocycles. The summed E-state index contributed by atoms with van der Waals surface area (Å²) in [4.78, 5) is 0. The Morgan fingerprint density at radius 3 is 2.33 bits per heavy atom. The maximum atomic E-state index is 9.72. The second-order valence-corrected chi connectivity index (χ2v) is 3.29. The molecule has 0 amide bonds. The van der Waals surface area contributed by atoms with Gasteiger partial charge < -0.3 is 5.11 Å². The van der Waals surface area contributed by atoms with Gasteiger partial charge in [-0.1, -0.05) is 36.4 Å². The number of rotatable bonds is 2. The fourth-order valence-electron chi connectivity index (χ4n) is 0.905. The van der Waals surface area contributed by atoms with E-state index >= 15 is 0 Å². The molecule has 0 bridgehead atoms. The maximum absolute atomic E-state index is 9.72. The molecule has 0 saturated heterocycles. The molecule has 0 spiro atoms. The smallest absolute Gasteiger partial charge is 0.105 e. The molecule has 64 valence electrons. The summed E-state index contributed by atoms with van der Waals surface area (Å²) in [5.74, 6) is 0. The van der Waals surface area contributed by atoms with E-state index in [4.69, 9.17) is 11.6 Å². The van der Waals surface area contributed by atoms with Crippen molar-refractivity contribution in [2.75, 3.05) is 0 Å². The zero-order valence-corrected chi connectivity index (χ0v) is 7.67. The van der Waals surface area contributed by atoms with Gasteiger partial charge in [0, 0.05) is 5.02 Å². The fourth-order valence-corrected chi connectivity index (χ4v) is 1.03. The Morgan fingerprint density at radius 1 is 1.42 bits per heavy atom. The monoisotopic (exact) mass is 182 g/mol. The molecule has 0 aliphatic heterocycles. The van der Waals surface area contributed by atoms with Crippen molar-refractivity contribution < 1.29 is 5.11 Å². The van der Waals surface area contributed by atoms with Crippen molar-refractivity contribution in [1.29, 1.82) is 0 Å². The molecule has 1 aromatic rings. The largest absolute Gasteiger partial charge is 0.381 e. The third kappa shape index (κ3) is 1.87. The summed E-state index contributed by atoms with van der Waals surface area (Å²) >= 11 is 5.70. The Bertz CT molecular complexity index is 274. The van der Waals surface area contributed by atoms with E-state index < -0.39 is 5.60 Å². The number of aliphatic hydroxyl groups is 1. The molecular formula is C10H11ClO. The average molecular weight is 183 g/mol. The van der Waals surface area contributed by atoms with Gasteiger partial charge in [-0.2, -0.15) is 0 Å². The third-order valence-corrected chi connectivity index (χ3v) is 2.08. The van der Waals surface area contributed by atoms with Crippen LogP contribution in [0.3, 0.4) is 0 Å². The van der Waals surface area contributed by atoms with E-state index in [0.717, 1.165) is 5.56 Å². The van der Waals surface area contributed by atoms with Crippen LogP contribution in [-0.4, -0.2) is 5.11 Å². The zero-order valence-electron chi connectivity index (χ0n) is 6.92. The molecule has 1 nitrogen and oxygen atoms in total. The molecule has 1 aromatic carbocycles. The fraction of sp³-hybridized carbons (Fsp3) is 0.200. The SMILES string of the molecule is C=CC(C)(O)c1ccc(Cl)cc1. The second-order valence-electron chi connectivity index (χ2n) is 2.86. The lowest BCUT2D eigenvalue weighted by atomic mass is 9.97. The summed E-state index contributed by atoms with van der Waals surface area (Å²) in [6, 6.07) is 7.05. The van der Waals surface area contributed by atoms with Crippen molar-refractivity contribution in [3.8, 4) is 0 Å². The lowest BCUT2D eigenvalue weighted by Crippen LogP contribution is -2.16. The van der Waals surface area contributed by atoms with Gasteiger partial charge in [-0.15, -0.1) is 0 Å².